The van der Waals surface area contributed by atoms with Crippen LogP contribution in [-0.4, -0.2) is 28.1 Å². The van der Waals surface area contributed by atoms with Gasteiger partial charge in [0.1, 0.15) is 5.69 Å². The number of nitrogens with zero attached hydrogens (tertiary/aromatic N) is 1. The SMILES string of the molecule is CCC(NC(=O)c1ccc2cccc(Cl)c2n1)C1CC(O)C1. The molecule has 2 N–H and O–H groups in total. The topological polar surface area (TPSA) is 62.2 Å². The van der Waals surface area contributed by atoms with Gasteiger partial charge in [0.05, 0.1) is 16.6 Å². The number of rotatable bonds is 4. The van der Waals surface area contributed by atoms with E-state index >= 15 is 0 Å². The molecule has 1 saturated carbocycles. The molecule has 0 spiro atoms. The number of hydrogen-bond donors (Lipinski definition) is 2. The lowest BCUT2D eigenvalue weighted by Gasteiger charge is -2.37. The summed E-state index contributed by atoms with van der Waals surface area (Å²) < 4.78 is 0. The van der Waals surface area contributed by atoms with Gasteiger partial charge >= 0.3 is 0 Å². The Bertz CT molecular complexity index is 698. The number of hydrogen-bond acceptors (Lipinski definition) is 3. The van der Waals surface area contributed by atoms with Gasteiger partial charge in [-0.1, -0.05) is 36.7 Å². The first-order valence-electron chi connectivity index (χ1n) is 7.62. The molecule has 116 valence electrons. The van der Waals surface area contributed by atoms with E-state index in [1.807, 2.05) is 25.1 Å². The van der Waals surface area contributed by atoms with Gasteiger partial charge in [-0.15, -0.1) is 0 Å². The van der Waals surface area contributed by atoms with Crippen LogP contribution in [0, 0.1) is 5.92 Å². The first-order chi connectivity index (χ1) is 10.6. The van der Waals surface area contributed by atoms with Crippen molar-refractivity contribution in [3.05, 3.63) is 41.0 Å². The van der Waals surface area contributed by atoms with Crippen LogP contribution in [0.4, 0.5) is 0 Å². The summed E-state index contributed by atoms with van der Waals surface area (Å²) in [4.78, 5) is 16.8. The molecule has 1 aromatic heterocycles. The fraction of sp³-hybridized carbons (Fsp3) is 0.412. The molecule has 2 aromatic rings. The average molecular weight is 319 g/mol. The van der Waals surface area contributed by atoms with Gasteiger partial charge < -0.3 is 10.4 Å². The van der Waals surface area contributed by atoms with Gasteiger partial charge in [-0.05, 0) is 37.3 Å². The summed E-state index contributed by atoms with van der Waals surface area (Å²) in [6, 6.07) is 9.21. The Morgan fingerprint density at radius 3 is 2.86 bits per heavy atom. The first kappa shape index (κ1) is 15.3. The predicted octanol–water partition coefficient (Wildman–Crippen LogP) is 3.17. The number of aromatic nitrogens is 1. The average Bonchev–Trinajstić information content (AvgIpc) is 2.50. The number of amides is 1. The van der Waals surface area contributed by atoms with Crippen molar-refractivity contribution in [3.63, 3.8) is 0 Å². The fourth-order valence-corrected chi connectivity index (χ4v) is 3.22. The van der Waals surface area contributed by atoms with Crippen LogP contribution in [0.25, 0.3) is 10.9 Å². The molecule has 0 saturated heterocycles. The highest BCUT2D eigenvalue weighted by molar-refractivity contribution is 6.35. The fourth-order valence-electron chi connectivity index (χ4n) is 2.99. The Balaban J connectivity index is 1.78. The molecule has 1 heterocycles. The van der Waals surface area contributed by atoms with Crippen LogP contribution in [0.3, 0.4) is 0 Å². The van der Waals surface area contributed by atoms with Crippen molar-refractivity contribution >= 4 is 28.4 Å². The monoisotopic (exact) mass is 318 g/mol. The molecular formula is C17H19ClN2O2. The third-order valence-electron chi connectivity index (χ3n) is 4.38. The zero-order valence-electron chi connectivity index (χ0n) is 12.4. The van der Waals surface area contributed by atoms with Crippen LogP contribution >= 0.6 is 11.6 Å². The highest BCUT2D eigenvalue weighted by Gasteiger charge is 2.34. The number of aliphatic hydroxyl groups is 1. The Hall–Kier alpha value is -1.65. The van der Waals surface area contributed by atoms with E-state index in [9.17, 15) is 9.90 Å². The summed E-state index contributed by atoms with van der Waals surface area (Å²) in [5, 5.41) is 13.9. The lowest BCUT2D eigenvalue weighted by Crippen LogP contribution is -2.46. The number of fused-ring (bicyclic) bond motifs is 1. The maximum Gasteiger partial charge on any atom is 0.270 e. The van der Waals surface area contributed by atoms with E-state index in [2.05, 4.69) is 10.3 Å². The summed E-state index contributed by atoms with van der Waals surface area (Å²) in [5.41, 5.74) is 1.02. The van der Waals surface area contributed by atoms with Crippen molar-refractivity contribution in [2.45, 2.75) is 38.3 Å². The molecule has 0 aliphatic heterocycles. The van der Waals surface area contributed by atoms with Crippen molar-refractivity contribution in [1.29, 1.82) is 0 Å². The lowest BCUT2D eigenvalue weighted by atomic mass is 9.76. The van der Waals surface area contributed by atoms with E-state index in [4.69, 9.17) is 11.6 Å². The number of carbonyl (C=O) groups excluding carboxylic acids is 1. The van der Waals surface area contributed by atoms with Gasteiger partial charge in [0.25, 0.3) is 5.91 Å². The Morgan fingerprint density at radius 1 is 1.41 bits per heavy atom. The Labute approximate surface area is 134 Å². The highest BCUT2D eigenvalue weighted by atomic mass is 35.5. The highest BCUT2D eigenvalue weighted by Crippen LogP contribution is 2.31. The van der Waals surface area contributed by atoms with Gasteiger partial charge in [0.15, 0.2) is 0 Å². The molecule has 1 fully saturated rings. The van der Waals surface area contributed by atoms with Gasteiger partial charge in [-0.3, -0.25) is 4.79 Å². The predicted molar refractivity (Wildman–Crippen MR) is 87.0 cm³/mol. The van der Waals surface area contributed by atoms with E-state index in [-0.39, 0.29) is 18.1 Å². The standard InChI is InChI=1S/C17H19ClN2O2/c1-2-14(11-8-12(21)9-11)20-17(22)15-7-6-10-4-3-5-13(18)16(10)19-15/h3-7,11-12,14,21H,2,8-9H2,1H3,(H,20,22). The molecule has 1 aliphatic rings. The zero-order chi connectivity index (χ0) is 15.7. The second-order valence-corrected chi connectivity index (χ2v) is 6.29. The summed E-state index contributed by atoms with van der Waals surface area (Å²) in [7, 11) is 0. The number of halogens is 1. The minimum atomic E-state index is -0.214. The number of para-hydroxylation sites is 1. The molecule has 1 aromatic carbocycles. The minimum absolute atomic E-state index is 0.0830. The van der Waals surface area contributed by atoms with E-state index in [1.165, 1.54) is 0 Å². The van der Waals surface area contributed by atoms with Gasteiger partial charge in [0.2, 0.25) is 0 Å². The molecule has 0 radical (unpaired) electrons. The third-order valence-corrected chi connectivity index (χ3v) is 4.68. The summed E-state index contributed by atoms with van der Waals surface area (Å²) in [5.74, 6) is 0.169. The van der Waals surface area contributed by atoms with E-state index < -0.39 is 0 Å². The first-order valence-corrected chi connectivity index (χ1v) is 8.00. The molecule has 3 rings (SSSR count). The number of pyridine rings is 1. The summed E-state index contributed by atoms with van der Waals surface area (Å²) in [6.45, 7) is 2.04. The van der Waals surface area contributed by atoms with Crippen molar-refractivity contribution in [2.24, 2.45) is 5.92 Å². The van der Waals surface area contributed by atoms with Crippen LogP contribution in [0.15, 0.2) is 30.3 Å². The molecule has 1 aliphatic carbocycles. The second-order valence-electron chi connectivity index (χ2n) is 5.88. The smallest absolute Gasteiger partial charge is 0.270 e. The molecule has 5 heteroatoms. The second kappa shape index (κ2) is 6.23. The summed E-state index contributed by atoms with van der Waals surface area (Å²) >= 11 is 6.14. The molecule has 4 nitrogen and oxygen atoms in total. The van der Waals surface area contributed by atoms with Gasteiger partial charge in [-0.25, -0.2) is 4.98 Å². The normalized spacial score (nSPS) is 22.1. The van der Waals surface area contributed by atoms with Crippen molar-refractivity contribution in [1.82, 2.24) is 10.3 Å². The molecule has 1 amide bonds. The van der Waals surface area contributed by atoms with Crippen molar-refractivity contribution in [3.8, 4) is 0 Å². The zero-order valence-corrected chi connectivity index (χ0v) is 13.2. The van der Waals surface area contributed by atoms with Gasteiger partial charge in [0, 0.05) is 11.4 Å². The van der Waals surface area contributed by atoms with E-state index in [0.29, 0.717) is 22.2 Å². The molecule has 1 atom stereocenters. The van der Waals surface area contributed by atoms with Crippen molar-refractivity contribution in [2.75, 3.05) is 0 Å². The van der Waals surface area contributed by atoms with Crippen LogP contribution in [0.5, 0.6) is 0 Å². The number of carbonyl (C=O) groups is 1. The lowest BCUT2D eigenvalue weighted by molar-refractivity contribution is 0.0232. The minimum Gasteiger partial charge on any atom is -0.393 e. The quantitative estimate of drug-likeness (QED) is 0.910. The number of nitrogens with one attached hydrogen (secondary N) is 1. The van der Waals surface area contributed by atoms with Crippen LogP contribution in [0.2, 0.25) is 5.02 Å². The largest absolute Gasteiger partial charge is 0.393 e. The Kier molecular flexibility index (Phi) is 4.32. The van der Waals surface area contributed by atoms with E-state index in [1.54, 1.807) is 12.1 Å². The summed E-state index contributed by atoms with van der Waals surface area (Å²) in [6.07, 6.45) is 2.15. The molecule has 22 heavy (non-hydrogen) atoms. The van der Waals surface area contributed by atoms with Crippen molar-refractivity contribution < 1.29 is 9.90 Å². The van der Waals surface area contributed by atoms with Crippen LogP contribution in [-0.2, 0) is 0 Å². The molecule has 1 unspecified atom stereocenters. The maximum absolute atomic E-state index is 12.4. The Morgan fingerprint density at radius 2 is 2.18 bits per heavy atom. The third kappa shape index (κ3) is 2.94. The molecule has 0 bridgehead atoms. The van der Waals surface area contributed by atoms with Crippen LogP contribution in [0.1, 0.15) is 36.7 Å². The number of benzene rings is 1. The van der Waals surface area contributed by atoms with Gasteiger partial charge in [-0.2, -0.15) is 0 Å². The maximum atomic E-state index is 12.4. The number of aliphatic hydroxyl groups excluding tert-OH is 1. The molecular weight excluding hydrogens is 300 g/mol. The van der Waals surface area contributed by atoms with Crippen LogP contribution < -0.4 is 5.32 Å². The van der Waals surface area contributed by atoms with E-state index in [0.717, 1.165) is 24.6 Å².